The Morgan fingerprint density at radius 3 is 2.76 bits per heavy atom. The number of nitrogen functional groups attached to an aromatic ring is 1. The van der Waals surface area contributed by atoms with Gasteiger partial charge in [0.2, 0.25) is 0 Å². The Bertz CT molecular complexity index is 864. The molecule has 3 aromatic rings. The van der Waals surface area contributed by atoms with Crippen LogP contribution in [0.15, 0.2) is 48.7 Å². The van der Waals surface area contributed by atoms with E-state index in [1.165, 1.54) is 12.1 Å². The van der Waals surface area contributed by atoms with Gasteiger partial charge >= 0.3 is 0 Å². The van der Waals surface area contributed by atoms with Crippen molar-refractivity contribution in [3.05, 3.63) is 70.6 Å². The molecule has 3 rings (SSSR count). The summed E-state index contributed by atoms with van der Waals surface area (Å²) in [6.07, 6.45) is 1.61. The van der Waals surface area contributed by atoms with Crippen LogP contribution in [0.3, 0.4) is 0 Å². The highest BCUT2D eigenvalue weighted by atomic mass is 35.5. The van der Waals surface area contributed by atoms with Crippen molar-refractivity contribution in [1.29, 1.82) is 0 Å². The van der Waals surface area contributed by atoms with E-state index in [0.717, 1.165) is 11.5 Å². The molecule has 0 aliphatic heterocycles. The molecule has 2 N–H and O–H groups in total. The van der Waals surface area contributed by atoms with Crippen molar-refractivity contribution >= 4 is 34.0 Å². The molecule has 0 saturated heterocycles. The smallest absolute Gasteiger partial charge is 0.195 e. The number of carbonyl (C=O) groups excluding carboxylic acids is 1. The lowest BCUT2D eigenvalue weighted by molar-refractivity contribution is 0.103. The molecule has 21 heavy (non-hydrogen) atoms. The number of nitrogens with zero attached hydrogens (tertiary/aromatic N) is 1. The van der Waals surface area contributed by atoms with Gasteiger partial charge in [-0.1, -0.05) is 23.7 Å². The van der Waals surface area contributed by atoms with E-state index in [9.17, 15) is 9.18 Å². The van der Waals surface area contributed by atoms with E-state index in [4.69, 9.17) is 17.3 Å². The molecule has 0 fully saturated rings. The maximum atomic E-state index is 13.2. The van der Waals surface area contributed by atoms with Gasteiger partial charge in [-0.2, -0.15) is 0 Å². The highest BCUT2D eigenvalue weighted by molar-refractivity contribution is 6.31. The fraction of sp³-hybridized carbons (Fsp3) is 0. The van der Waals surface area contributed by atoms with Gasteiger partial charge in [-0.25, -0.2) is 4.39 Å². The van der Waals surface area contributed by atoms with Gasteiger partial charge in [0.15, 0.2) is 5.78 Å². The molecule has 5 heteroatoms. The third-order valence-electron chi connectivity index (χ3n) is 3.24. The number of ketones is 1. The Kier molecular flexibility index (Phi) is 3.31. The van der Waals surface area contributed by atoms with Crippen LogP contribution in [0.1, 0.15) is 15.9 Å². The predicted octanol–water partition coefficient (Wildman–Crippen LogP) is 3.84. The van der Waals surface area contributed by atoms with Crippen LogP contribution in [0, 0.1) is 5.82 Å². The molecule has 0 atom stereocenters. The summed E-state index contributed by atoms with van der Waals surface area (Å²) in [5, 5.41) is 0.752. The van der Waals surface area contributed by atoms with Crippen molar-refractivity contribution in [3.8, 4) is 0 Å². The lowest BCUT2D eigenvalue weighted by Crippen LogP contribution is -2.06. The minimum absolute atomic E-state index is 0.0988. The van der Waals surface area contributed by atoms with Crippen LogP contribution >= 0.6 is 11.6 Å². The summed E-state index contributed by atoms with van der Waals surface area (Å²) in [5.41, 5.74) is 7.51. The summed E-state index contributed by atoms with van der Waals surface area (Å²) >= 11 is 5.71. The van der Waals surface area contributed by atoms with Gasteiger partial charge in [0.1, 0.15) is 5.82 Å². The number of halogens is 2. The molecule has 3 nitrogen and oxygen atoms in total. The average Bonchev–Trinajstić information content (AvgIpc) is 2.50. The first-order valence-electron chi connectivity index (χ1n) is 6.21. The largest absolute Gasteiger partial charge is 0.396 e. The highest BCUT2D eigenvalue weighted by Gasteiger charge is 2.16. The summed E-state index contributed by atoms with van der Waals surface area (Å²) in [6, 6.07) is 10.9. The van der Waals surface area contributed by atoms with Crippen LogP contribution in [0.2, 0.25) is 5.02 Å². The number of anilines is 1. The molecule has 2 aromatic carbocycles. The van der Waals surface area contributed by atoms with Gasteiger partial charge in [-0.15, -0.1) is 0 Å². The van der Waals surface area contributed by atoms with E-state index in [1.54, 1.807) is 24.4 Å². The molecule has 0 unspecified atom stereocenters. The average molecular weight is 301 g/mol. The number of nitrogens with two attached hydrogens (primary N) is 1. The molecule has 0 spiro atoms. The number of pyridine rings is 1. The van der Waals surface area contributed by atoms with Crippen LogP contribution in [0.5, 0.6) is 0 Å². The van der Waals surface area contributed by atoms with E-state index in [2.05, 4.69) is 4.98 Å². The quantitative estimate of drug-likeness (QED) is 0.578. The van der Waals surface area contributed by atoms with E-state index in [0.29, 0.717) is 16.8 Å². The SMILES string of the molecule is Nc1c(C(=O)c2ccc(F)c(Cl)c2)ccc2cccnc12. The number of hydrogen-bond donors (Lipinski definition) is 1. The molecule has 0 saturated carbocycles. The first kappa shape index (κ1) is 13.5. The summed E-state index contributed by atoms with van der Waals surface area (Å²) in [5.74, 6) is -0.886. The number of aromatic nitrogens is 1. The first-order valence-corrected chi connectivity index (χ1v) is 6.58. The molecule has 0 aliphatic carbocycles. The third kappa shape index (κ3) is 2.34. The molecule has 1 heterocycles. The van der Waals surface area contributed by atoms with Gasteiger partial charge in [0.05, 0.1) is 16.2 Å². The van der Waals surface area contributed by atoms with Gasteiger partial charge in [-0.3, -0.25) is 9.78 Å². The van der Waals surface area contributed by atoms with Crippen LogP contribution < -0.4 is 5.73 Å². The van der Waals surface area contributed by atoms with Gasteiger partial charge in [0, 0.05) is 22.7 Å². The molecular weight excluding hydrogens is 291 g/mol. The van der Waals surface area contributed by atoms with E-state index >= 15 is 0 Å². The Morgan fingerprint density at radius 1 is 1.19 bits per heavy atom. The second-order valence-electron chi connectivity index (χ2n) is 4.56. The lowest BCUT2D eigenvalue weighted by Gasteiger charge is -2.08. The van der Waals surface area contributed by atoms with Crippen molar-refractivity contribution in [3.63, 3.8) is 0 Å². The molecule has 0 bridgehead atoms. The first-order chi connectivity index (χ1) is 10.1. The molecule has 0 amide bonds. The highest BCUT2D eigenvalue weighted by Crippen LogP contribution is 2.26. The Hall–Kier alpha value is -2.46. The zero-order chi connectivity index (χ0) is 15.0. The Balaban J connectivity index is 2.13. The van der Waals surface area contributed by atoms with E-state index in [-0.39, 0.29) is 16.4 Å². The third-order valence-corrected chi connectivity index (χ3v) is 3.53. The number of hydrogen-bond acceptors (Lipinski definition) is 3. The van der Waals surface area contributed by atoms with E-state index in [1.807, 2.05) is 6.07 Å². The second-order valence-corrected chi connectivity index (χ2v) is 4.97. The van der Waals surface area contributed by atoms with Gasteiger partial charge < -0.3 is 5.73 Å². The van der Waals surface area contributed by atoms with Gasteiger partial charge in [-0.05, 0) is 30.3 Å². The summed E-state index contributed by atoms with van der Waals surface area (Å²) in [4.78, 5) is 16.7. The Morgan fingerprint density at radius 2 is 2.00 bits per heavy atom. The van der Waals surface area contributed by atoms with Crippen LogP contribution in [0.4, 0.5) is 10.1 Å². The zero-order valence-corrected chi connectivity index (χ0v) is 11.6. The lowest BCUT2D eigenvalue weighted by atomic mass is 10.00. The van der Waals surface area contributed by atoms with Crippen molar-refractivity contribution in [2.45, 2.75) is 0 Å². The zero-order valence-electron chi connectivity index (χ0n) is 10.8. The standard InChI is InChI=1S/C16H10ClFN2O/c17-12-8-10(4-6-13(12)18)16(21)11-5-3-9-2-1-7-20-15(9)14(11)19/h1-8H,19H2. The fourth-order valence-electron chi connectivity index (χ4n) is 2.16. The number of benzene rings is 2. The predicted molar refractivity (Wildman–Crippen MR) is 81.0 cm³/mol. The minimum atomic E-state index is -0.568. The maximum Gasteiger partial charge on any atom is 0.195 e. The second kappa shape index (κ2) is 5.14. The molecule has 1 aromatic heterocycles. The Labute approximate surface area is 125 Å². The monoisotopic (exact) mass is 300 g/mol. The van der Waals surface area contributed by atoms with Crippen LogP contribution in [0.25, 0.3) is 10.9 Å². The van der Waals surface area contributed by atoms with Gasteiger partial charge in [0.25, 0.3) is 0 Å². The van der Waals surface area contributed by atoms with Crippen molar-refractivity contribution in [2.75, 3.05) is 5.73 Å². The molecule has 104 valence electrons. The topological polar surface area (TPSA) is 56.0 Å². The fourth-order valence-corrected chi connectivity index (χ4v) is 2.34. The van der Waals surface area contributed by atoms with Crippen molar-refractivity contribution in [2.24, 2.45) is 0 Å². The molecule has 0 aliphatic rings. The van der Waals surface area contributed by atoms with Crippen molar-refractivity contribution < 1.29 is 9.18 Å². The van der Waals surface area contributed by atoms with Crippen LogP contribution in [-0.2, 0) is 0 Å². The van der Waals surface area contributed by atoms with E-state index < -0.39 is 5.82 Å². The maximum absolute atomic E-state index is 13.2. The van der Waals surface area contributed by atoms with Crippen molar-refractivity contribution in [1.82, 2.24) is 4.98 Å². The summed E-state index contributed by atoms with van der Waals surface area (Å²) in [6.45, 7) is 0. The summed E-state index contributed by atoms with van der Waals surface area (Å²) < 4.78 is 13.2. The van der Waals surface area contributed by atoms with Crippen LogP contribution in [-0.4, -0.2) is 10.8 Å². The summed E-state index contributed by atoms with van der Waals surface area (Å²) in [7, 11) is 0. The number of carbonyl (C=O) groups is 1. The number of rotatable bonds is 2. The minimum Gasteiger partial charge on any atom is -0.396 e. The normalized spacial score (nSPS) is 10.8. The molecule has 0 radical (unpaired) electrons. The number of fused-ring (bicyclic) bond motifs is 1. The molecular formula is C16H10ClFN2O.